The van der Waals surface area contributed by atoms with Gasteiger partial charge in [-0.1, -0.05) is 11.6 Å². The Kier molecular flexibility index (Phi) is 4.19. The third-order valence-electron chi connectivity index (χ3n) is 5.49. The molecule has 0 aromatic carbocycles. The van der Waals surface area contributed by atoms with Gasteiger partial charge in [-0.15, -0.1) is 0 Å². The highest BCUT2D eigenvalue weighted by Crippen LogP contribution is 2.30. The van der Waals surface area contributed by atoms with Crippen LogP contribution in [0.4, 0.5) is 11.5 Å². The quantitative estimate of drug-likeness (QED) is 0.652. The summed E-state index contributed by atoms with van der Waals surface area (Å²) in [4.78, 5) is 30.0. The fourth-order valence-corrected chi connectivity index (χ4v) is 3.94. The van der Waals surface area contributed by atoms with E-state index in [4.69, 9.17) is 11.6 Å². The largest absolute Gasteiger partial charge is 0.365 e. The zero-order valence-electron chi connectivity index (χ0n) is 15.6. The number of anilines is 2. The van der Waals surface area contributed by atoms with Crippen molar-refractivity contribution in [3.05, 3.63) is 34.2 Å². The standard InChI is InChI=1S/C18H21ClN8O/c1-24-11-22-15-16(24)20-10-21-17(15)26-6-4-25(5-7-26)13-8-23-27(9-12-2-3-12)18(28)14(13)19/h8,10-12H,2-7,9H2,1H3. The van der Waals surface area contributed by atoms with Gasteiger partial charge in [0.25, 0.3) is 5.56 Å². The van der Waals surface area contributed by atoms with Crippen molar-refractivity contribution in [2.75, 3.05) is 36.0 Å². The summed E-state index contributed by atoms with van der Waals surface area (Å²) in [6.07, 6.45) is 7.39. The first-order valence-corrected chi connectivity index (χ1v) is 9.87. The van der Waals surface area contributed by atoms with Crippen LogP contribution in [0.3, 0.4) is 0 Å². The molecule has 1 aliphatic carbocycles. The number of imidazole rings is 1. The van der Waals surface area contributed by atoms with Gasteiger partial charge in [-0.3, -0.25) is 4.79 Å². The fourth-order valence-electron chi connectivity index (χ4n) is 3.68. The van der Waals surface area contributed by atoms with Crippen LogP contribution >= 0.6 is 11.6 Å². The molecule has 0 atom stereocenters. The van der Waals surface area contributed by atoms with Gasteiger partial charge in [0.1, 0.15) is 11.3 Å². The maximum absolute atomic E-state index is 12.5. The summed E-state index contributed by atoms with van der Waals surface area (Å²) in [5.74, 6) is 1.42. The van der Waals surface area contributed by atoms with Crippen molar-refractivity contribution in [2.24, 2.45) is 13.0 Å². The van der Waals surface area contributed by atoms with Crippen LogP contribution in [0.15, 0.2) is 23.6 Å². The maximum Gasteiger partial charge on any atom is 0.287 e. The van der Waals surface area contributed by atoms with Gasteiger partial charge < -0.3 is 14.4 Å². The molecule has 28 heavy (non-hydrogen) atoms. The van der Waals surface area contributed by atoms with Gasteiger partial charge in [-0.2, -0.15) is 5.10 Å². The Labute approximate surface area is 166 Å². The molecule has 1 saturated heterocycles. The van der Waals surface area contributed by atoms with Crippen LogP contribution in [-0.4, -0.2) is 55.5 Å². The van der Waals surface area contributed by atoms with Crippen molar-refractivity contribution in [2.45, 2.75) is 19.4 Å². The molecular weight excluding hydrogens is 380 g/mol. The molecule has 0 N–H and O–H groups in total. The van der Waals surface area contributed by atoms with Crippen molar-refractivity contribution < 1.29 is 0 Å². The Balaban J connectivity index is 1.34. The predicted octanol–water partition coefficient (Wildman–Crippen LogP) is 1.31. The van der Waals surface area contributed by atoms with Crippen LogP contribution in [0.5, 0.6) is 0 Å². The number of rotatable bonds is 4. The van der Waals surface area contributed by atoms with Crippen LogP contribution in [-0.2, 0) is 13.6 Å². The first-order chi connectivity index (χ1) is 13.6. The summed E-state index contributed by atoms with van der Waals surface area (Å²) >= 11 is 6.41. The summed E-state index contributed by atoms with van der Waals surface area (Å²) in [6, 6.07) is 0. The van der Waals surface area contributed by atoms with Crippen LogP contribution in [0.2, 0.25) is 5.02 Å². The highest BCUT2D eigenvalue weighted by molar-refractivity contribution is 6.33. The van der Waals surface area contributed by atoms with E-state index >= 15 is 0 Å². The lowest BCUT2D eigenvalue weighted by Crippen LogP contribution is -2.47. The molecule has 10 heteroatoms. The monoisotopic (exact) mass is 400 g/mol. The third kappa shape index (κ3) is 2.99. The zero-order valence-corrected chi connectivity index (χ0v) is 16.4. The molecule has 5 rings (SSSR count). The normalized spacial score (nSPS) is 17.5. The van der Waals surface area contributed by atoms with E-state index < -0.39 is 0 Å². The van der Waals surface area contributed by atoms with Crippen molar-refractivity contribution in [3.63, 3.8) is 0 Å². The second-order valence-electron chi connectivity index (χ2n) is 7.47. The van der Waals surface area contributed by atoms with Crippen molar-refractivity contribution in [1.82, 2.24) is 29.3 Å². The van der Waals surface area contributed by atoms with E-state index in [2.05, 4.69) is 29.9 Å². The first kappa shape index (κ1) is 17.4. The van der Waals surface area contributed by atoms with Crippen LogP contribution in [0.1, 0.15) is 12.8 Å². The first-order valence-electron chi connectivity index (χ1n) is 9.49. The molecule has 0 spiro atoms. The van der Waals surface area contributed by atoms with E-state index in [9.17, 15) is 4.79 Å². The van der Waals surface area contributed by atoms with E-state index in [-0.39, 0.29) is 10.6 Å². The molecule has 4 heterocycles. The Morgan fingerprint density at radius 3 is 2.61 bits per heavy atom. The summed E-state index contributed by atoms with van der Waals surface area (Å²) in [7, 11) is 1.92. The number of fused-ring (bicyclic) bond motifs is 1. The lowest BCUT2D eigenvalue weighted by atomic mass is 10.2. The third-order valence-corrected chi connectivity index (χ3v) is 5.85. The van der Waals surface area contributed by atoms with Gasteiger partial charge in [0, 0.05) is 39.8 Å². The Bertz CT molecular complexity index is 1080. The Hall–Kier alpha value is -2.68. The molecule has 2 fully saturated rings. The average molecular weight is 401 g/mol. The van der Waals surface area contributed by atoms with E-state index in [1.807, 2.05) is 11.6 Å². The maximum atomic E-state index is 12.5. The second-order valence-corrected chi connectivity index (χ2v) is 7.85. The van der Waals surface area contributed by atoms with E-state index in [0.717, 1.165) is 43.2 Å². The number of nitrogens with zero attached hydrogens (tertiary/aromatic N) is 8. The number of hydrogen-bond acceptors (Lipinski definition) is 7. The summed E-state index contributed by atoms with van der Waals surface area (Å²) < 4.78 is 3.39. The van der Waals surface area contributed by atoms with Gasteiger partial charge >= 0.3 is 0 Å². The van der Waals surface area contributed by atoms with Crippen molar-refractivity contribution >= 4 is 34.3 Å². The number of piperazine rings is 1. The smallest absolute Gasteiger partial charge is 0.287 e. The van der Waals surface area contributed by atoms with Gasteiger partial charge in [0.15, 0.2) is 17.0 Å². The van der Waals surface area contributed by atoms with Gasteiger partial charge in [-0.05, 0) is 18.8 Å². The van der Waals surface area contributed by atoms with E-state index in [1.165, 1.54) is 17.5 Å². The zero-order chi connectivity index (χ0) is 19.3. The lowest BCUT2D eigenvalue weighted by molar-refractivity contribution is 0.531. The minimum Gasteiger partial charge on any atom is -0.365 e. The fraction of sp³-hybridized carbons (Fsp3) is 0.500. The van der Waals surface area contributed by atoms with E-state index in [0.29, 0.717) is 18.2 Å². The molecule has 0 amide bonds. The number of aryl methyl sites for hydroxylation is 1. The molecule has 0 radical (unpaired) electrons. The second kappa shape index (κ2) is 6.73. The summed E-state index contributed by atoms with van der Waals surface area (Å²) in [5, 5.41) is 4.61. The predicted molar refractivity (Wildman–Crippen MR) is 107 cm³/mol. The van der Waals surface area contributed by atoms with Crippen LogP contribution < -0.4 is 15.4 Å². The van der Waals surface area contributed by atoms with Gasteiger partial charge in [-0.25, -0.2) is 19.6 Å². The van der Waals surface area contributed by atoms with Crippen molar-refractivity contribution in [1.29, 1.82) is 0 Å². The molecule has 0 bridgehead atoms. The molecule has 3 aromatic rings. The number of aromatic nitrogens is 6. The average Bonchev–Trinajstić information content (AvgIpc) is 3.46. The number of hydrogen-bond donors (Lipinski definition) is 0. The number of halogens is 1. The Morgan fingerprint density at radius 1 is 1.11 bits per heavy atom. The summed E-state index contributed by atoms with van der Waals surface area (Å²) in [5.41, 5.74) is 2.14. The molecule has 0 unspecified atom stereocenters. The van der Waals surface area contributed by atoms with Crippen molar-refractivity contribution in [3.8, 4) is 0 Å². The van der Waals surface area contributed by atoms with E-state index in [1.54, 1.807) is 18.9 Å². The molecular formula is C18H21ClN8O. The minimum absolute atomic E-state index is 0.195. The van der Waals surface area contributed by atoms with Crippen LogP contribution in [0, 0.1) is 5.92 Å². The topological polar surface area (TPSA) is 85.0 Å². The van der Waals surface area contributed by atoms with Crippen LogP contribution in [0.25, 0.3) is 11.2 Å². The highest BCUT2D eigenvalue weighted by Gasteiger charge is 2.26. The van der Waals surface area contributed by atoms with Gasteiger partial charge in [0.2, 0.25) is 0 Å². The molecule has 1 saturated carbocycles. The molecule has 3 aromatic heterocycles. The highest BCUT2D eigenvalue weighted by atomic mass is 35.5. The Morgan fingerprint density at radius 2 is 1.86 bits per heavy atom. The minimum atomic E-state index is -0.195. The molecule has 2 aliphatic rings. The molecule has 146 valence electrons. The molecule has 1 aliphatic heterocycles. The lowest BCUT2D eigenvalue weighted by Gasteiger charge is -2.36. The molecule has 9 nitrogen and oxygen atoms in total. The SMILES string of the molecule is Cn1cnc2c(N3CCN(c4cnn(CC5CC5)c(=O)c4Cl)CC3)ncnc21. The van der Waals surface area contributed by atoms with Gasteiger partial charge in [0.05, 0.1) is 18.2 Å². The summed E-state index contributed by atoms with van der Waals surface area (Å²) in [6.45, 7) is 3.63.